The van der Waals surface area contributed by atoms with Crippen LogP contribution in [0.4, 0.5) is 13.2 Å². The number of rotatable bonds is 5. The lowest BCUT2D eigenvalue weighted by Crippen LogP contribution is -2.38. The Labute approximate surface area is 156 Å². The summed E-state index contributed by atoms with van der Waals surface area (Å²) in [6.07, 6.45) is 5.69. The van der Waals surface area contributed by atoms with Crippen LogP contribution in [0.25, 0.3) is 0 Å². The van der Waals surface area contributed by atoms with Crippen LogP contribution in [0.1, 0.15) is 82.6 Å². The van der Waals surface area contributed by atoms with Crippen molar-refractivity contribution in [1.82, 2.24) is 5.32 Å². The van der Waals surface area contributed by atoms with Gasteiger partial charge in [-0.2, -0.15) is 13.2 Å². The number of carbonyl (C=O) groups excluding carboxylic acids is 1. The Morgan fingerprint density at radius 1 is 1.15 bits per heavy atom. The molecule has 1 aromatic rings. The maximum absolute atomic E-state index is 12.9. The second-order valence-electron chi connectivity index (χ2n) is 7.88. The summed E-state index contributed by atoms with van der Waals surface area (Å²) < 4.78 is 38.7. The molecular weight excluding hydrogens is 339 g/mol. The fourth-order valence-corrected chi connectivity index (χ4v) is 4.71. The highest BCUT2D eigenvalue weighted by Gasteiger charge is 2.33. The van der Waals surface area contributed by atoms with Crippen LogP contribution in [0.2, 0.25) is 0 Å². The maximum Gasteiger partial charge on any atom is 0.416 e. The van der Waals surface area contributed by atoms with Crippen LogP contribution >= 0.6 is 0 Å². The first-order valence-electron chi connectivity index (χ1n) is 9.89. The Morgan fingerprint density at radius 2 is 1.88 bits per heavy atom. The average Bonchev–Trinajstić information content (AvgIpc) is 3.26. The molecule has 0 saturated heterocycles. The van der Waals surface area contributed by atoms with Gasteiger partial charge in [0, 0.05) is 14.5 Å². The Bertz CT molecular complexity index is 645. The van der Waals surface area contributed by atoms with Crippen LogP contribution in [-0.4, -0.2) is 11.9 Å². The summed E-state index contributed by atoms with van der Waals surface area (Å²) in [4.78, 5) is 12.7. The first-order valence-corrected chi connectivity index (χ1v) is 9.89. The van der Waals surface area contributed by atoms with Gasteiger partial charge in [0.1, 0.15) is 0 Å². The number of aryl methyl sites for hydroxylation is 1. The Hall–Kier alpha value is -1.52. The minimum Gasteiger partial charge on any atom is -0.349 e. The molecule has 2 atom stereocenters. The molecule has 0 aromatic heterocycles. The molecule has 2 aliphatic carbocycles. The van der Waals surface area contributed by atoms with Crippen molar-refractivity contribution < 1.29 is 20.8 Å². The molecule has 148 valence electrons. The monoisotopic (exact) mass is 371 g/mol. The normalized spacial score (nSPS) is 24.2. The molecule has 2 nitrogen and oxygen atoms in total. The number of carbonyl (C=O) groups is 1. The second kappa shape index (κ2) is 8.01. The fourth-order valence-electron chi connectivity index (χ4n) is 4.71. The Kier molecular flexibility index (Phi) is 5.93. The SMILES string of the molecule is CCc1cc(C(F)(F)F)ccc1C(=O)N[C@H]1CCC[C@H]1CC1CCCC1.[HH].[HH]. The van der Waals surface area contributed by atoms with Crippen LogP contribution in [0.5, 0.6) is 0 Å². The van der Waals surface area contributed by atoms with Crippen molar-refractivity contribution in [2.24, 2.45) is 11.8 Å². The van der Waals surface area contributed by atoms with E-state index in [4.69, 9.17) is 0 Å². The molecule has 0 bridgehead atoms. The quantitative estimate of drug-likeness (QED) is 0.652. The molecule has 0 heterocycles. The number of benzene rings is 1. The number of amides is 1. The highest BCUT2D eigenvalue weighted by atomic mass is 19.4. The maximum atomic E-state index is 12.9. The van der Waals surface area contributed by atoms with Crippen molar-refractivity contribution >= 4 is 5.91 Å². The zero-order chi connectivity index (χ0) is 18.7. The van der Waals surface area contributed by atoms with E-state index >= 15 is 0 Å². The van der Waals surface area contributed by atoms with E-state index < -0.39 is 11.7 Å². The Balaban J connectivity index is 0.00000196. The van der Waals surface area contributed by atoms with Crippen LogP contribution in [-0.2, 0) is 12.6 Å². The molecule has 0 unspecified atom stereocenters. The predicted octanol–water partition coefficient (Wildman–Crippen LogP) is 6.24. The fraction of sp³-hybridized carbons (Fsp3) is 0.667. The summed E-state index contributed by atoms with van der Waals surface area (Å²) in [6, 6.07) is 3.62. The van der Waals surface area contributed by atoms with Crippen LogP contribution in [0.3, 0.4) is 0 Å². The van der Waals surface area contributed by atoms with E-state index in [-0.39, 0.29) is 14.8 Å². The molecule has 26 heavy (non-hydrogen) atoms. The highest BCUT2D eigenvalue weighted by molar-refractivity contribution is 5.96. The lowest BCUT2D eigenvalue weighted by molar-refractivity contribution is -0.137. The third-order valence-electron chi connectivity index (χ3n) is 6.14. The predicted molar refractivity (Wildman–Crippen MR) is 100 cm³/mol. The zero-order valence-corrected chi connectivity index (χ0v) is 15.4. The van der Waals surface area contributed by atoms with Crippen molar-refractivity contribution in [3.8, 4) is 0 Å². The molecule has 0 aliphatic heterocycles. The second-order valence-corrected chi connectivity index (χ2v) is 7.88. The summed E-state index contributed by atoms with van der Waals surface area (Å²) in [7, 11) is 0. The third-order valence-corrected chi connectivity index (χ3v) is 6.14. The number of hydrogen-bond donors (Lipinski definition) is 1. The minimum atomic E-state index is -4.38. The topological polar surface area (TPSA) is 29.1 Å². The molecule has 1 amide bonds. The van der Waals surface area contributed by atoms with E-state index in [2.05, 4.69) is 5.32 Å². The number of hydrogen-bond acceptors (Lipinski definition) is 1. The molecule has 1 N–H and O–H groups in total. The van der Waals surface area contributed by atoms with Gasteiger partial charge in [-0.05, 0) is 61.3 Å². The molecule has 1 aromatic carbocycles. The van der Waals surface area contributed by atoms with Gasteiger partial charge in [-0.1, -0.05) is 39.0 Å². The summed E-state index contributed by atoms with van der Waals surface area (Å²) in [5.41, 5.74) is 0.153. The first-order chi connectivity index (χ1) is 12.4. The van der Waals surface area contributed by atoms with Crippen molar-refractivity contribution in [3.05, 3.63) is 34.9 Å². The van der Waals surface area contributed by atoms with Crippen molar-refractivity contribution in [2.45, 2.75) is 76.9 Å². The van der Waals surface area contributed by atoms with Gasteiger partial charge in [-0.3, -0.25) is 4.79 Å². The van der Waals surface area contributed by atoms with Crippen molar-refractivity contribution in [1.29, 1.82) is 0 Å². The number of halogens is 3. The molecule has 2 aliphatic rings. The molecule has 3 rings (SSSR count). The lowest BCUT2D eigenvalue weighted by Gasteiger charge is -2.24. The van der Waals surface area contributed by atoms with Crippen LogP contribution in [0.15, 0.2) is 18.2 Å². The van der Waals surface area contributed by atoms with Gasteiger partial charge < -0.3 is 5.32 Å². The van der Waals surface area contributed by atoms with Crippen LogP contribution in [0, 0.1) is 11.8 Å². The highest BCUT2D eigenvalue weighted by Crippen LogP contribution is 2.37. The van der Waals surface area contributed by atoms with Gasteiger partial charge in [0.15, 0.2) is 0 Å². The van der Waals surface area contributed by atoms with E-state index in [0.717, 1.165) is 37.3 Å². The zero-order valence-electron chi connectivity index (χ0n) is 15.4. The van der Waals surface area contributed by atoms with Gasteiger partial charge in [0.25, 0.3) is 5.91 Å². The molecule has 2 saturated carbocycles. The van der Waals surface area contributed by atoms with Crippen LogP contribution < -0.4 is 5.32 Å². The third kappa shape index (κ3) is 4.41. The van der Waals surface area contributed by atoms with Gasteiger partial charge in [-0.25, -0.2) is 0 Å². The Morgan fingerprint density at radius 3 is 2.54 bits per heavy atom. The van der Waals surface area contributed by atoms with E-state index in [1.165, 1.54) is 38.2 Å². The number of nitrogens with one attached hydrogen (secondary N) is 1. The van der Waals surface area contributed by atoms with Gasteiger partial charge in [0.05, 0.1) is 5.56 Å². The smallest absolute Gasteiger partial charge is 0.349 e. The molecule has 0 radical (unpaired) electrons. The number of alkyl halides is 3. The summed E-state index contributed by atoms with van der Waals surface area (Å²) in [5, 5.41) is 3.13. The molecule has 2 fully saturated rings. The van der Waals surface area contributed by atoms with E-state index in [0.29, 0.717) is 23.5 Å². The van der Waals surface area contributed by atoms with Gasteiger partial charge in [0.2, 0.25) is 0 Å². The summed E-state index contributed by atoms with van der Waals surface area (Å²) >= 11 is 0. The molecular formula is C21H32F3NO. The average molecular weight is 371 g/mol. The van der Waals surface area contributed by atoms with Gasteiger partial charge >= 0.3 is 6.18 Å². The molecule has 5 heteroatoms. The van der Waals surface area contributed by atoms with Crippen molar-refractivity contribution in [3.63, 3.8) is 0 Å². The van der Waals surface area contributed by atoms with Crippen molar-refractivity contribution in [2.75, 3.05) is 0 Å². The summed E-state index contributed by atoms with van der Waals surface area (Å²) in [6.45, 7) is 1.78. The largest absolute Gasteiger partial charge is 0.416 e. The lowest BCUT2D eigenvalue weighted by atomic mass is 9.89. The first kappa shape index (κ1) is 19.2. The van der Waals surface area contributed by atoms with E-state index in [1.807, 2.05) is 0 Å². The summed E-state index contributed by atoms with van der Waals surface area (Å²) in [5.74, 6) is 1.08. The van der Waals surface area contributed by atoms with Gasteiger partial charge in [-0.15, -0.1) is 0 Å². The van der Waals surface area contributed by atoms with E-state index in [1.54, 1.807) is 6.92 Å². The standard InChI is InChI=1S/C21H28F3NO.2H2/c1-2-15-13-17(21(22,23)24)10-11-18(15)20(26)25-19-9-5-8-16(19)12-14-6-3-4-7-14;;/h10-11,13-14,16,19H,2-9,12H2,1H3,(H,25,26);2*1H/t16-,19-;;/m0../s1. The van der Waals surface area contributed by atoms with E-state index in [9.17, 15) is 18.0 Å². The molecule has 0 spiro atoms. The minimum absolute atomic E-state index is 0.